The zero-order valence-electron chi connectivity index (χ0n) is 2.73. The quantitative estimate of drug-likeness (QED) is 0.536. The van der Waals surface area contributed by atoms with Crippen molar-refractivity contribution in [3.63, 3.8) is 0 Å². The molecule has 1 nitrogen and oxygen atoms in total. The van der Waals surface area contributed by atoms with Crippen molar-refractivity contribution >= 4 is 0 Å². The van der Waals surface area contributed by atoms with E-state index in [1.807, 2.05) is 0 Å². The van der Waals surface area contributed by atoms with Crippen LogP contribution in [0.25, 0.3) is 6.15 Å². The van der Waals surface area contributed by atoms with Crippen LogP contribution in [0.4, 0.5) is 0 Å². The van der Waals surface area contributed by atoms with Crippen LogP contribution < -0.4 is 0 Å². The van der Waals surface area contributed by atoms with Gasteiger partial charge in [0.15, 0.2) is 0 Å². The molecular weight excluding hydrogens is 204 g/mol. The van der Waals surface area contributed by atoms with Crippen LogP contribution in [0.2, 0.25) is 0 Å². The van der Waals surface area contributed by atoms with Gasteiger partial charge in [-0.15, -0.1) is 0 Å². The van der Waals surface area contributed by atoms with E-state index in [0.29, 0.717) is 0 Å². The Morgan fingerprint density at radius 1 is 0.750 bits per heavy atom. The molecule has 0 bridgehead atoms. The molecule has 0 aromatic carbocycles. The molecule has 0 rings (SSSR count). The van der Waals surface area contributed by atoms with Crippen molar-refractivity contribution in [3.8, 4) is 0 Å². The van der Waals surface area contributed by atoms with Gasteiger partial charge in [-0.25, -0.2) is 0 Å². The molecule has 0 saturated heterocycles. The van der Waals surface area contributed by atoms with Crippen molar-refractivity contribution in [2.45, 2.75) is 0 Å². The standard InChI is InChI=1S/CH3.H2N.2Y/h1H3;1H2;;/q2*-1;;. The fourth-order valence-electron chi connectivity index (χ4n) is 0. The van der Waals surface area contributed by atoms with Gasteiger partial charge in [0.25, 0.3) is 0 Å². The van der Waals surface area contributed by atoms with Gasteiger partial charge in [0.2, 0.25) is 0 Å². The van der Waals surface area contributed by atoms with E-state index < -0.39 is 0 Å². The number of nitrogens with two attached hydrogens (primary N) is 1. The van der Waals surface area contributed by atoms with Gasteiger partial charge in [0.05, 0.1) is 0 Å². The molecule has 0 aliphatic heterocycles. The molecular formula is CH5NY2-2. The second kappa shape index (κ2) is 19.1. The Balaban J connectivity index is 0. The second-order valence-electron chi connectivity index (χ2n) is 0. The Hall–Kier alpha value is 2.17. The zero-order chi connectivity index (χ0) is 0. The molecule has 22 valence electrons. The maximum absolute atomic E-state index is 0. The van der Waals surface area contributed by atoms with Crippen LogP contribution in [0.15, 0.2) is 0 Å². The van der Waals surface area contributed by atoms with Crippen molar-refractivity contribution in [1.29, 1.82) is 0 Å². The summed E-state index contributed by atoms with van der Waals surface area (Å²) < 4.78 is 0. The van der Waals surface area contributed by atoms with Crippen molar-refractivity contribution < 1.29 is 65.4 Å². The number of hydrogen-bond acceptors (Lipinski definition) is 0. The van der Waals surface area contributed by atoms with Gasteiger partial charge in [0.1, 0.15) is 0 Å². The van der Waals surface area contributed by atoms with Crippen LogP contribution in [-0.4, -0.2) is 0 Å². The summed E-state index contributed by atoms with van der Waals surface area (Å²) >= 11 is 0. The first-order chi connectivity index (χ1) is 0. The minimum Gasteiger partial charge on any atom is -0.693 e. The summed E-state index contributed by atoms with van der Waals surface area (Å²) in [6.07, 6.45) is 0. The maximum Gasteiger partial charge on any atom is 0 e. The summed E-state index contributed by atoms with van der Waals surface area (Å²) in [6.45, 7) is 0. The van der Waals surface area contributed by atoms with Crippen LogP contribution in [0.5, 0.6) is 0 Å². The van der Waals surface area contributed by atoms with E-state index in [-0.39, 0.29) is 79.0 Å². The van der Waals surface area contributed by atoms with E-state index >= 15 is 0 Å². The first kappa shape index (κ1) is 35.1. The second-order valence-corrected chi connectivity index (χ2v) is 0. The predicted molar refractivity (Wildman–Crippen MR) is 11.7 cm³/mol. The Labute approximate surface area is 77.6 Å². The van der Waals surface area contributed by atoms with E-state index in [4.69, 9.17) is 0 Å². The van der Waals surface area contributed by atoms with Gasteiger partial charge >= 0.3 is 0 Å². The minimum atomic E-state index is 0. The molecule has 2 radical (unpaired) electrons. The van der Waals surface area contributed by atoms with Crippen LogP contribution >= 0.6 is 0 Å². The summed E-state index contributed by atoms with van der Waals surface area (Å²) in [4.78, 5) is 0. The van der Waals surface area contributed by atoms with Gasteiger partial charge < -0.3 is 13.6 Å². The summed E-state index contributed by atoms with van der Waals surface area (Å²) in [6, 6.07) is 0. The molecule has 0 aliphatic rings. The van der Waals surface area contributed by atoms with Crippen molar-refractivity contribution in [1.82, 2.24) is 0 Å². The molecule has 4 heavy (non-hydrogen) atoms. The van der Waals surface area contributed by atoms with Crippen molar-refractivity contribution in [2.24, 2.45) is 0 Å². The maximum atomic E-state index is 0. The normalized spacial score (nSPS) is 0. The molecule has 0 aromatic rings. The third-order valence-corrected chi connectivity index (χ3v) is 0. The van der Waals surface area contributed by atoms with Gasteiger partial charge in [-0.2, -0.15) is 0 Å². The van der Waals surface area contributed by atoms with Gasteiger partial charge in [0, 0.05) is 65.4 Å². The molecule has 0 spiro atoms. The summed E-state index contributed by atoms with van der Waals surface area (Å²) in [5, 5.41) is 0. The molecule has 0 heterocycles. The van der Waals surface area contributed by atoms with Gasteiger partial charge in [-0.1, -0.05) is 0 Å². The smallest absolute Gasteiger partial charge is 0 e. The molecule has 0 aliphatic carbocycles. The van der Waals surface area contributed by atoms with E-state index in [0.717, 1.165) is 0 Å². The fourth-order valence-corrected chi connectivity index (χ4v) is 0. The Morgan fingerprint density at radius 2 is 0.750 bits per heavy atom. The minimum absolute atomic E-state index is 0. The molecule has 3 heteroatoms. The van der Waals surface area contributed by atoms with Crippen LogP contribution in [0.1, 0.15) is 0 Å². The zero-order valence-corrected chi connectivity index (χ0v) is 8.41. The van der Waals surface area contributed by atoms with Crippen LogP contribution in [-0.2, 0) is 65.4 Å². The molecule has 0 aromatic heterocycles. The average Bonchev–Trinajstić information content (AvgIpc) is 0. The van der Waals surface area contributed by atoms with Crippen LogP contribution in [0.3, 0.4) is 0 Å². The molecule has 2 N–H and O–H groups in total. The molecule has 0 atom stereocenters. The van der Waals surface area contributed by atoms with Gasteiger partial charge in [-0.05, 0) is 0 Å². The number of hydrogen-bond donors (Lipinski definition) is 0. The van der Waals surface area contributed by atoms with Crippen molar-refractivity contribution in [2.75, 3.05) is 0 Å². The Morgan fingerprint density at radius 3 is 0.750 bits per heavy atom. The number of rotatable bonds is 0. The topological polar surface area (TPSA) is 33.5 Å². The third-order valence-electron chi connectivity index (χ3n) is 0. The third kappa shape index (κ3) is 8.90. The molecule has 0 unspecified atom stereocenters. The summed E-state index contributed by atoms with van der Waals surface area (Å²) in [5.74, 6) is 0. The van der Waals surface area contributed by atoms with E-state index in [2.05, 4.69) is 0 Å². The molecule has 0 fully saturated rings. The van der Waals surface area contributed by atoms with Crippen molar-refractivity contribution in [3.05, 3.63) is 13.6 Å². The first-order valence-corrected chi connectivity index (χ1v) is 0. The average molecular weight is 209 g/mol. The SMILES string of the molecule is [CH3-].[NH2-].[Y].[Y]. The molecule has 0 saturated carbocycles. The van der Waals surface area contributed by atoms with E-state index in [9.17, 15) is 0 Å². The summed E-state index contributed by atoms with van der Waals surface area (Å²) in [5.41, 5.74) is 0. The Bertz CT molecular complexity index is 6.00. The predicted octanol–water partition coefficient (Wildman–Crippen LogP) is 1.16. The Kier molecular flexibility index (Phi) is 167. The largest absolute Gasteiger partial charge is 0.693 e. The monoisotopic (exact) mass is 209 g/mol. The fraction of sp³-hybridized carbons (Fsp3) is 0. The first-order valence-electron chi connectivity index (χ1n) is 0. The van der Waals surface area contributed by atoms with E-state index in [1.54, 1.807) is 0 Å². The van der Waals surface area contributed by atoms with Gasteiger partial charge in [-0.3, -0.25) is 0 Å². The van der Waals surface area contributed by atoms with E-state index in [1.165, 1.54) is 0 Å². The summed E-state index contributed by atoms with van der Waals surface area (Å²) in [7, 11) is 0. The molecule has 0 amide bonds. The van der Waals surface area contributed by atoms with Crippen LogP contribution in [0, 0.1) is 7.43 Å².